The Morgan fingerprint density at radius 1 is 1.33 bits per heavy atom. The Morgan fingerprint density at radius 2 is 2.00 bits per heavy atom. The topological polar surface area (TPSA) is 50.2 Å². The van der Waals surface area contributed by atoms with Gasteiger partial charge >= 0.3 is 0 Å². The maximum atomic E-state index is 12.3. The molecule has 0 aromatic carbocycles. The number of amides is 1. The lowest BCUT2D eigenvalue weighted by molar-refractivity contribution is 0.0753. The van der Waals surface area contributed by atoms with Crippen LogP contribution < -0.4 is 5.32 Å². The largest absolute Gasteiger partial charge is 0.340 e. The van der Waals surface area contributed by atoms with Crippen molar-refractivity contribution in [3.63, 3.8) is 0 Å². The lowest BCUT2D eigenvalue weighted by Gasteiger charge is -2.19. The van der Waals surface area contributed by atoms with Crippen LogP contribution >= 0.6 is 0 Å². The maximum Gasteiger partial charge on any atom is 0.274 e. The summed E-state index contributed by atoms with van der Waals surface area (Å²) in [6.45, 7) is 3.99. The fourth-order valence-electron chi connectivity index (χ4n) is 3.11. The van der Waals surface area contributed by atoms with E-state index in [9.17, 15) is 4.79 Å². The van der Waals surface area contributed by atoms with Gasteiger partial charge in [0.25, 0.3) is 5.91 Å². The molecule has 3 heterocycles. The van der Waals surface area contributed by atoms with E-state index in [0.717, 1.165) is 50.9 Å². The Balaban J connectivity index is 1.68. The zero-order valence-corrected chi connectivity index (χ0v) is 10.8. The van der Waals surface area contributed by atoms with E-state index in [1.54, 1.807) is 12.5 Å². The molecule has 5 heteroatoms. The number of hydrogen-bond donors (Lipinski definition) is 1. The molecule has 5 nitrogen and oxygen atoms in total. The number of rotatable bonds is 1. The Hall–Kier alpha value is -1.36. The van der Waals surface area contributed by atoms with Crippen molar-refractivity contribution in [1.29, 1.82) is 0 Å². The summed E-state index contributed by atoms with van der Waals surface area (Å²) >= 11 is 0. The van der Waals surface area contributed by atoms with Crippen LogP contribution in [0.25, 0.3) is 0 Å². The summed E-state index contributed by atoms with van der Waals surface area (Å²) in [6, 6.07) is 0. The van der Waals surface area contributed by atoms with E-state index in [2.05, 4.69) is 10.3 Å². The number of nitrogens with zero attached hydrogens (tertiary/aromatic N) is 3. The summed E-state index contributed by atoms with van der Waals surface area (Å²) in [5.74, 6) is 1.60. The van der Waals surface area contributed by atoms with Gasteiger partial charge in [-0.15, -0.1) is 0 Å². The summed E-state index contributed by atoms with van der Waals surface area (Å²) in [6.07, 6.45) is 5.73. The van der Waals surface area contributed by atoms with Crippen LogP contribution in [0, 0.1) is 11.8 Å². The summed E-state index contributed by atoms with van der Waals surface area (Å²) in [7, 11) is 1.89. The van der Waals surface area contributed by atoms with E-state index in [-0.39, 0.29) is 5.91 Å². The second-order valence-electron chi connectivity index (χ2n) is 5.47. The predicted molar refractivity (Wildman–Crippen MR) is 68.2 cm³/mol. The van der Waals surface area contributed by atoms with Crippen molar-refractivity contribution >= 4 is 5.91 Å². The number of aryl methyl sites for hydroxylation is 1. The van der Waals surface area contributed by atoms with Gasteiger partial charge in [-0.25, -0.2) is 4.98 Å². The summed E-state index contributed by atoms with van der Waals surface area (Å²) in [5, 5.41) is 3.45. The number of imidazole rings is 1. The van der Waals surface area contributed by atoms with Gasteiger partial charge in [-0.2, -0.15) is 0 Å². The SMILES string of the molecule is Cn1cnc(C(=O)N2CC[C@@H]3CNC[C@@H]3CC2)c1. The quantitative estimate of drug-likeness (QED) is 0.787. The Kier molecular flexibility index (Phi) is 3.07. The average molecular weight is 248 g/mol. The van der Waals surface area contributed by atoms with Crippen LogP contribution in [-0.4, -0.2) is 46.5 Å². The van der Waals surface area contributed by atoms with Gasteiger partial charge in [0.15, 0.2) is 0 Å². The number of fused-ring (bicyclic) bond motifs is 1. The van der Waals surface area contributed by atoms with Crippen molar-refractivity contribution in [1.82, 2.24) is 19.8 Å². The highest BCUT2D eigenvalue weighted by Crippen LogP contribution is 2.27. The lowest BCUT2D eigenvalue weighted by Crippen LogP contribution is -2.33. The first-order chi connectivity index (χ1) is 8.74. The summed E-state index contributed by atoms with van der Waals surface area (Å²) in [4.78, 5) is 18.4. The van der Waals surface area contributed by atoms with E-state index in [4.69, 9.17) is 0 Å². The standard InChI is InChI=1S/C13H20N4O/c1-16-8-12(15-9-16)13(18)17-4-2-10-6-14-7-11(10)3-5-17/h8-11,14H,2-7H2,1H3/t10-,11+. The number of carbonyl (C=O) groups is 1. The fourth-order valence-corrected chi connectivity index (χ4v) is 3.11. The molecule has 0 bridgehead atoms. The highest BCUT2D eigenvalue weighted by Gasteiger charge is 2.31. The minimum absolute atomic E-state index is 0.0866. The number of nitrogens with one attached hydrogen (secondary N) is 1. The van der Waals surface area contributed by atoms with Crippen LogP contribution in [0.5, 0.6) is 0 Å². The minimum atomic E-state index is 0.0866. The number of carbonyl (C=O) groups excluding carboxylic acids is 1. The molecule has 0 aliphatic carbocycles. The smallest absolute Gasteiger partial charge is 0.274 e. The molecule has 3 rings (SSSR count). The predicted octanol–water partition coefficient (Wildman–Crippen LogP) is 0.492. The number of likely N-dealkylation sites (tertiary alicyclic amines) is 1. The molecule has 0 spiro atoms. The molecule has 2 aliphatic heterocycles. The third kappa shape index (κ3) is 2.14. The molecule has 1 aromatic heterocycles. The van der Waals surface area contributed by atoms with E-state index < -0.39 is 0 Å². The summed E-state index contributed by atoms with van der Waals surface area (Å²) < 4.78 is 1.82. The Bertz CT molecular complexity index is 428. The zero-order valence-electron chi connectivity index (χ0n) is 10.8. The first-order valence-corrected chi connectivity index (χ1v) is 6.72. The molecule has 0 unspecified atom stereocenters. The van der Waals surface area contributed by atoms with Crippen LogP contribution in [0.2, 0.25) is 0 Å². The average Bonchev–Trinajstić information content (AvgIpc) is 2.94. The van der Waals surface area contributed by atoms with Gasteiger partial charge in [-0.05, 0) is 37.8 Å². The Labute approximate surface area is 107 Å². The Morgan fingerprint density at radius 3 is 2.56 bits per heavy atom. The molecule has 2 atom stereocenters. The molecule has 18 heavy (non-hydrogen) atoms. The van der Waals surface area contributed by atoms with E-state index in [1.165, 1.54) is 0 Å². The van der Waals surface area contributed by atoms with Crippen molar-refractivity contribution in [3.05, 3.63) is 18.2 Å². The van der Waals surface area contributed by atoms with Gasteiger partial charge in [-0.3, -0.25) is 4.79 Å². The van der Waals surface area contributed by atoms with E-state index in [0.29, 0.717) is 5.69 Å². The normalized spacial score (nSPS) is 27.9. The molecule has 1 aromatic rings. The molecule has 2 aliphatic rings. The van der Waals surface area contributed by atoms with Gasteiger partial charge in [0, 0.05) is 26.3 Å². The molecular formula is C13H20N4O. The van der Waals surface area contributed by atoms with E-state index in [1.807, 2.05) is 16.5 Å². The highest BCUT2D eigenvalue weighted by molar-refractivity contribution is 5.92. The molecule has 2 saturated heterocycles. The van der Waals surface area contributed by atoms with Gasteiger partial charge in [0.05, 0.1) is 6.33 Å². The van der Waals surface area contributed by atoms with Crippen molar-refractivity contribution in [2.24, 2.45) is 18.9 Å². The molecule has 1 N–H and O–H groups in total. The first-order valence-electron chi connectivity index (χ1n) is 6.72. The first kappa shape index (κ1) is 11.7. The molecule has 2 fully saturated rings. The number of hydrogen-bond acceptors (Lipinski definition) is 3. The van der Waals surface area contributed by atoms with Crippen molar-refractivity contribution in [2.75, 3.05) is 26.2 Å². The van der Waals surface area contributed by atoms with Gasteiger partial charge in [0.1, 0.15) is 5.69 Å². The van der Waals surface area contributed by atoms with Gasteiger partial charge in [0.2, 0.25) is 0 Å². The second kappa shape index (κ2) is 4.72. The number of aromatic nitrogens is 2. The van der Waals surface area contributed by atoms with Gasteiger partial charge in [-0.1, -0.05) is 0 Å². The third-order valence-electron chi connectivity index (χ3n) is 4.23. The van der Waals surface area contributed by atoms with Crippen LogP contribution in [0.3, 0.4) is 0 Å². The van der Waals surface area contributed by atoms with Crippen LogP contribution in [-0.2, 0) is 7.05 Å². The molecule has 0 radical (unpaired) electrons. The van der Waals surface area contributed by atoms with E-state index >= 15 is 0 Å². The van der Waals surface area contributed by atoms with Crippen LogP contribution in [0.1, 0.15) is 23.3 Å². The van der Waals surface area contributed by atoms with Gasteiger partial charge < -0.3 is 14.8 Å². The lowest BCUT2D eigenvalue weighted by atomic mass is 9.92. The molecule has 1 amide bonds. The second-order valence-corrected chi connectivity index (χ2v) is 5.47. The third-order valence-corrected chi connectivity index (χ3v) is 4.23. The maximum absolute atomic E-state index is 12.3. The molecule has 98 valence electrons. The zero-order chi connectivity index (χ0) is 12.5. The van der Waals surface area contributed by atoms with Crippen molar-refractivity contribution in [3.8, 4) is 0 Å². The highest BCUT2D eigenvalue weighted by atomic mass is 16.2. The minimum Gasteiger partial charge on any atom is -0.340 e. The van der Waals surface area contributed by atoms with Crippen LogP contribution in [0.4, 0.5) is 0 Å². The molecule has 0 saturated carbocycles. The summed E-state index contributed by atoms with van der Waals surface area (Å²) in [5.41, 5.74) is 0.572. The van der Waals surface area contributed by atoms with Crippen LogP contribution in [0.15, 0.2) is 12.5 Å². The fraction of sp³-hybridized carbons (Fsp3) is 0.692. The molecular weight excluding hydrogens is 228 g/mol. The van der Waals surface area contributed by atoms with Crippen molar-refractivity contribution < 1.29 is 4.79 Å². The van der Waals surface area contributed by atoms with Crippen molar-refractivity contribution in [2.45, 2.75) is 12.8 Å². The monoisotopic (exact) mass is 248 g/mol.